The molecule has 4 rings (SSSR count). The van der Waals surface area contributed by atoms with Gasteiger partial charge in [-0.2, -0.15) is 5.10 Å². The number of amides is 1. The van der Waals surface area contributed by atoms with Crippen molar-refractivity contribution in [2.24, 2.45) is 7.05 Å². The predicted molar refractivity (Wildman–Crippen MR) is 92.3 cm³/mol. The summed E-state index contributed by atoms with van der Waals surface area (Å²) < 4.78 is 7.58. The molecule has 0 saturated heterocycles. The van der Waals surface area contributed by atoms with Gasteiger partial charge in [0.1, 0.15) is 12.3 Å². The van der Waals surface area contributed by atoms with Crippen molar-refractivity contribution in [3.63, 3.8) is 0 Å². The van der Waals surface area contributed by atoms with E-state index in [1.165, 1.54) is 11.3 Å². The molecule has 0 radical (unpaired) electrons. The summed E-state index contributed by atoms with van der Waals surface area (Å²) in [5, 5.41) is 6.50. The van der Waals surface area contributed by atoms with Crippen molar-refractivity contribution in [1.29, 1.82) is 0 Å². The van der Waals surface area contributed by atoms with Gasteiger partial charge >= 0.3 is 0 Å². The molecule has 1 aliphatic rings. The van der Waals surface area contributed by atoms with Crippen molar-refractivity contribution in [3.8, 4) is 5.88 Å². The first-order valence-corrected chi connectivity index (χ1v) is 8.85. The number of carbonyl (C=O) groups is 1. The van der Waals surface area contributed by atoms with Crippen LogP contribution in [0.2, 0.25) is 0 Å². The first kappa shape index (κ1) is 15.8. The van der Waals surface area contributed by atoms with Crippen molar-refractivity contribution in [2.75, 3.05) is 6.54 Å². The van der Waals surface area contributed by atoms with Crippen LogP contribution in [-0.2, 0) is 26.6 Å². The molecule has 7 nitrogen and oxygen atoms in total. The zero-order valence-electron chi connectivity index (χ0n) is 13.8. The van der Waals surface area contributed by atoms with Crippen molar-refractivity contribution in [1.82, 2.24) is 24.6 Å². The molecule has 0 N–H and O–H groups in total. The minimum Gasteiger partial charge on any atom is -0.470 e. The lowest BCUT2D eigenvalue weighted by Gasteiger charge is -2.27. The van der Waals surface area contributed by atoms with Crippen LogP contribution in [0, 0.1) is 0 Å². The normalized spacial score (nSPS) is 13.6. The number of aryl methyl sites for hydroxylation is 1. The highest BCUT2D eigenvalue weighted by atomic mass is 32.1. The average molecular weight is 355 g/mol. The highest BCUT2D eigenvalue weighted by Crippen LogP contribution is 2.25. The van der Waals surface area contributed by atoms with Gasteiger partial charge in [0.25, 0.3) is 5.91 Å². The van der Waals surface area contributed by atoms with Crippen LogP contribution in [0.4, 0.5) is 0 Å². The Kier molecular flexibility index (Phi) is 4.19. The van der Waals surface area contributed by atoms with E-state index in [9.17, 15) is 4.79 Å². The molecule has 3 aromatic heterocycles. The summed E-state index contributed by atoms with van der Waals surface area (Å²) in [6.45, 7) is 1.57. The van der Waals surface area contributed by atoms with Gasteiger partial charge in [0.15, 0.2) is 0 Å². The molecule has 0 unspecified atom stereocenters. The molecule has 0 atom stereocenters. The summed E-state index contributed by atoms with van der Waals surface area (Å²) in [5.74, 6) is 0.537. The first-order chi connectivity index (χ1) is 12.2. The lowest BCUT2D eigenvalue weighted by molar-refractivity contribution is 0.0737. The summed E-state index contributed by atoms with van der Waals surface area (Å²) in [6, 6.07) is 3.77. The van der Waals surface area contributed by atoms with Gasteiger partial charge in [-0.25, -0.2) is 4.98 Å². The van der Waals surface area contributed by atoms with Crippen LogP contribution in [0.5, 0.6) is 5.88 Å². The van der Waals surface area contributed by atoms with E-state index >= 15 is 0 Å². The molecule has 25 heavy (non-hydrogen) atoms. The van der Waals surface area contributed by atoms with E-state index in [-0.39, 0.29) is 5.91 Å². The van der Waals surface area contributed by atoms with Crippen LogP contribution in [0.15, 0.2) is 36.1 Å². The van der Waals surface area contributed by atoms with E-state index in [0.717, 1.165) is 28.2 Å². The molecule has 0 bridgehead atoms. The summed E-state index contributed by atoms with van der Waals surface area (Å²) >= 11 is 1.47. The topological polar surface area (TPSA) is 73.1 Å². The number of carbonyl (C=O) groups excluding carboxylic acids is 1. The Morgan fingerprint density at radius 1 is 1.40 bits per heavy atom. The number of aromatic nitrogens is 4. The number of nitrogens with zero attached hydrogens (tertiary/aromatic N) is 5. The summed E-state index contributed by atoms with van der Waals surface area (Å²) in [5.41, 5.74) is 3.07. The Morgan fingerprint density at radius 3 is 3.08 bits per heavy atom. The van der Waals surface area contributed by atoms with Crippen molar-refractivity contribution in [2.45, 2.75) is 19.6 Å². The summed E-state index contributed by atoms with van der Waals surface area (Å²) in [4.78, 5) is 23.4. The molecule has 4 heterocycles. The third-order valence-corrected chi connectivity index (χ3v) is 5.10. The van der Waals surface area contributed by atoms with Crippen LogP contribution < -0.4 is 4.74 Å². The zero-order valence-corrected chi connectivity index (χ0v) is 14.6. The Hall–Kier alpha value is -2.74. The van der Waals surface area contributed by atoms with E-state index in [0.29, 0.717) is 25.6 Å². The second-order valence-corrected chi connectivity index (χ2v) is 6.73. The fourth-order valence-corrected chi connectivity index (χ4v) is 3.71. The molecule has 0 fully saturated rings. The number of ether oxygens (including phenoxy) is 1. The lowest BCUT2D eigenvalue weighted by atomic mass is 10.1. The smallest absolute Gasteiger partial charge is 0.264 e. The average Bonchev–Trinajstić information content (AvgIpc) is 3.29. The van der Waals surface area contributed by atoms with E-state index in [1.54, 1.807) is 18.6 Å². The summed E-state index contributed by atoms with van der Waals surface area (Å²) in [6.07, 6.45) is 5.55. The Morgan fingerprint density at radius 2 is 2.32 bits per heavy atom. The number of thiophene rings is 1. The Balaban J connectivity index is 1.53. The molecule has 0 saturated carbocycles. The maximum atomic E-state index is 12.6. The zero-order chi connectivity index (χ0) is 17.2. The van der Waals surface area contributed by atoms with E-state index < -0.39 is 0 Å². The monoisotopic (exact) mass is 355 g/mol. The highest BCUT2D eigenvalue weighted by molar-refractivity contribution is 7.12. The minimum atomic E-state index is 0.0743. The molecular formula is C17H17N5O2S. The van der Waals surface area contributed by atoms with E-state index in [2.05, 4.69) is 15.1 Å². The fraction of sp³-hybridized carbons (Fsp3) is 0.294. The van der Waals surface area contributed by atoms with Gasteiger partial charge in [0, 0.05) is 50.2 Å². The SMILES string of the molecule is Cn1nc(COc2cnccn2)c2c1CCN(C(=O)c1cccs1)C2. The van der Waals surface area contributed by atoms with Gasteiger partial charge in [-0.3, -0.25) is 14.5 Å². The molecule has 3 aromatic rings. The van der Waals surface area contributed by atoms with Gasteiger partial charge in [-0.15, -0.1) is 11.3 Å². The molecule has 1 amide bonds. The van der Waals surface area contributed by atoms with Crippen LogP contribution in [-0.4, -0.2) is 37.1 Å². The Bertz CT molecular complexity index is 876. The number of fused-ring (bicyclic) bond motifs is 1. The van der Waals surface area contributed by atoms with E-state index in [4.69, 9.17) is 4.74 Å². The maximum absolute atomic E-state index is 12.6. The van der Waals surface area contributed by atoms with Gasteiger partial charge in [0.2, 0.25) is 5.88 Å². The van der Waals surface area contributed by atoms with Crippen molar-refractivity contribution < 1.29 is 9.53 Å². The fourth-order valence-electron chi connectivity index (χ4n) is 3.02. The van der Waals surface area contributed by atoms with Crippen molar-refractivity contribution >= 4 is 17.2 Å². The van der Waals surface area contributed by atoms with E-state index in [1.807, 2.05) is 34.1 Å². The predicted octanol–water partition coefficient (Wildman–Crippen LogP) is 2.05. The standard InChI is InChI=1S/C17H17N5O2S/c1-21-14-4-7-22(17(23)15-3-2-8-25-15)10-12(14)13(20-21)11-24-16-9-18-5-6-19-16/h2-3,5-6,8-9H,4,7,10-11H2,1H3. The molecule has 0 spiro atoms. The maximum Gasteiger partial charge on any atom is 0.264 e. The lowest BCUT2D eigenvalue weighted by Crippen LogP contribution is -2.36. The third-order valence-electron chi connectivity index (χ3n) is 4.24. The second-order valence-electron chi connectivity index (χ2n) is 5.78. The van der Waals surface area contributed by atoms with Gasteiger partial charge in [-0.1, -0.05) is 6.07 Å². The molecule has 0 aromatic carbocycles. The van der Waals surface area contributed by atoms with Crippen LogP contribution >= 0.6 is 11.3 Å². The van der Waals surface area contributed by atoms with Crippen LogP contribution in [0.1, 0.15) is 26.6 Å². The second kappa shape index (κ2) is 6.64. The van der Waals surface area contributed by atoms with Crippen LogP contribution in [0.25, 0.3) is 0 Å². The molecule has 8 heteroatoms. The number of rotatable bonds is 4. The number of hydrogen-bond acceptors (Lipinski definition) is 6. The molecular weight excluding hydrogens is 338 g/mol. The summed E-state index contributed by atoms with van der Waals surface area (Å²) in [7, 11) is 1.93. The molecule has 1 aliphatic heterocycles. The minimum absolute atomic E-state index is 0.0743. The third kappa shape index (κ3) is 3.12. The highest BCUT2D eigenvalue weighted by Gasteiger charge is 2.27. The van der Waals surface area contributed by atoms with Gasteiger partial charge < -0.3 is 9.64 Å². The first-order valence-electron chi connectivity index (χ1n) is 7.97. The van der Waals surface area contributed by atoms with Crippen LogP contribution in [0.3, 0.4) is 0 Å². The Labute approximate surface area is 148 Å². The van der Waals surface area contributed by atoms with Gasteiger partial charge in [0.05, 0.1) is 11.1 Å². The quantitative estimate of drug-likeness (QED) is 0.716. The largest absolute Gasteiger partial charge is 0.470 e. The van der Waals surface area contributed by atoms with Gasteiger partial charge in [-0.05, 0) is 11.4 Å². The number of hydrogen-bond donors (Lipinski definition) is 0. The van der Waals surface area contributed by atoms with Crippen molar-refractivity contribution in [3.05, 3.63) is 57.9 Å². The molecule has 0 aliphatic carbocycles. The molecule has 128 valence electrons.